The van der Waals surface area contributed by atoms with Gasteiger partial charge in [-0.25, -0.2) is 4.79 Å². The molecular formula is C14H24N2O3. The van der Waals surface area contributed by atoms with E-state index in [0.29, 0.717) is 19.5 Å². The molecular weight excluding hydrogens is 244 g/mol. The minimum atomic E-state index is -0.875. The molecule has 2 fully saturated rings. The first-order valence-electron chi connectivity index (χ1n) is 7.35. The van der Waals surface area contributed by atoms with Gasteiger partial charge in [-0.2, -0.15) is 0 Å². The number of carbonyl (C=O) groups excluding carboxylic acids is 1. The summed E-state index contributed by atoms with van der Waals surface area (Å²) in [6.45, 7) is 0.909. The third-order valence-electron chi connectivity index (χ3n) is 4.70. The molecule has 1 heterocycles. The Morgan fingerprint density at radius 2 is 1.84 bits per heavy atom. The number of rotatable bonds is 3. The van der Waals surface area contributed by atoms with E-state index in [1.54, 1.807) is 4.90 Å². The predicted octanol–water partition coefficient (Wildman–Crippen LogP) is 1.36. The summed E-state index contributed by atoms with van der Waals surface area (Å²) in [6, 6.07) is -0.654. The molecule has 5 nitrogen and oxygen atoms in total. The molecule has 2 rings (SSSR count). The fourth-order valence-corrected chi connectivity index (χ4v) is 3.47. The summed E-state index contributed by atoms with van der Waals surface area (Å²) in [6.07, 6.45) is 7.02. The summed E-state index contributed by atoms with van der Waals surface area (Å²) in [4.78, 5) is 25.8. The number of carboxylic acids is 1. The van der Waals surface area contributed by atoms with Gasteiger partial charge in [0.05, 0.1) is 5.41 Å². The topological polar surface area (TPSA) is 83.6 Å². The Bertz CT molecular complexity index is 351. The average molecular weight is 268 g/mol. The smallest absolute Gasteiger partial charge is 0.326 e. The van der Waals surface area contributed by atoms with Gasteiger partial charge in [-0.1, -0.05) is 25.7 Å². The van der Waals surface area contributed by atoms with Crippen LogP contribution in [0.25, 0.3) is 0 Å². The summed E-state index contributed by atoms with van der Waals surface area (Å²) < 4.78 is 0. The Morgan fingerprint density at radius 1 is 1.16 bits per heavy atom. The molecule has 1 aliphatic carbocycles. The van der Waals surface area contributed by atoms with E-state index in [1.807, 2.05) is 0 Å². The van der Waals surface area contributed by atoms with Gasteiger partial charge in [-0.3, -0.25) is 4.79 Å². The van der Waals surface area contributed by atoms with E-state index in [2.05, 4.69) is 0 Å². The number of hydrogen-bond acceptors (Lipinski definition) is 3. The van der Waals surface area contributed by atoms with Gasteiger partial charge in [-0.15, -0.1) is 0 Å². The van der Waals surface area contributed by atoms with Crippen molar-refractivity contribution in [1.82, 2.24) is 4.90 Å². The van der Waals surface area contributed by atoms with Gasteiger partial charge in [0.15, 0.2) is 0 Å². The number of carbonyl (C=O) groups is 2. The van der Waals surface area contributed by atoms with Crippen molar-refractivity contribution in [3.63, 3.8) is 0 Å². The van der Waals surface area contributed by atoms with Gasteiger partial charge in [0.2, 0.25) is 5.91 Å². The predicted molar refractivity (Wildman–Crippen MR) is 71.6 cm³/mol. The van der Waals surface area contributed by atoms with Crippen LogP contribution in [-0.2, 0) is 9.59 Å². The SMILES string of the molecule is NCC1(C(=O)N2CCCCCC2C(=O)O)CCCC1. The van der Waals surface area contributed by atoms with Crippen molar-refractivity contribution in [3.05, 3.63) is 0 Å². The highest BCUT2D eigenvalue weighted by atomic mass is 16.4. The Balaban J connectivity index is 2.20. The number of hydrogen-bond donors (Lipinski definition) is 2. The van der Waals surface area contributed by atoms with Crippen LogP contribution in [-0.4, -0.2) is 41.0 Å². The summed E-state index contributed by atoms with van der Waals surface area (Å²) in [5.74, 6) is -0.887. The molecule has 0 spiro atoms. The van der Waals surface area contributed by atoms with E-state index in [1.165, 1.54) is 0 Å². The minimum absolute atomic E-state index is 0.0122. The zero-order valence-corrected chi connectivity index (χ0v) is 11.4. The molecule has 1 saturated heterocycles. The highest BCUT2D eigenvalue weighted by Gasteiger charge is 2.45. The van der Waals surface area contributed by atoms with Crippen LogP contribution in [0.15, 0.2) is 0 Å². The van der Waals surface area contributed by atoms with Gasteiger partial charge in [0.25, 0.3) is 0 Å². The number of likely N-dealkylation sites (tertiary alicyclic amines) is 1. The fourth-order valence-electron chi connectivity index (χ4n) is 3.47. The minimum Gasteiger partial charge on any atom is -0.480 e. The van der Waals surface area contributed by atoms with Gasteiger partial charge in [0, 0.05) is 13.1 Å². The third kappa shape index (κ3) is 2.76. The first-order valence-corrected chi connectivity index (χ1v) is 7.35. The average Bonchev–Trinajstić information content (AvgIpc) is 2.75. The molecule has 5 heteroatoms. The maximum Gasteiger partial charge on any atom is 0.326 e. The summed E-state index contributed by atoms with van der Waals surface area (Å²) >= 11 is 0. The van der Waals surface area contributed by atoms with E-state index in [-0.39, 0.29) is 5.91 Å². The highest BCUT2D eigenvalue weighted by molar-refractivity contribution is 5.88. The van der Waals surface area contributed by atoms with E-state index in [9.17, 15) is 14.7 Å². The van der Waals surface area contributed by atoms with Crippen LogP contribution in [0.1, 0.15) is 51.4 Å². The lowest BCUT2D eigenvalue weighted by molar-refractivity contribution is -0.155. The summed E-state index contributed by atoms with van der Waals surface area (Å²) in [7, 11) is 0. The molecule has 1 atom stereocenters. The zero-order chi connectivity index (χ0) is 13.9. The monoisotopic (exact) mass is 268 g/mol. The molecule has 19 heavy (non-hydrogen) atoms. The van der Waals surface area contributed by atoms with Crippen LogP contribution in [0, 0.1) is 5.41 Å². The molecule has 108 valence electrons. The fraction of sp³-hybridized carbons (Fsp3) is 0.857. The van der Waals surface area contributed by atoms with E-state index >= 15 is 0 Å². The lowest BCUT2D eigenvalue weighted by Gasteiger charge is -2.36. The Morgan fingerprint density at radius 3 is 2.42 bits per heavy atom. The maximum atomic E-state index is 12.8. The first-order chi connectivity index (χ1) is 9.10. The van der Waals surface area contributed by atoms with Crippen molar-refractivity contribution in [2.24, 2.45) is 11.1 Å². The van der Waals surface area contributed by atoms with Gasteiger partial charge >= 0.3 is 5.97 Å². The Kier molecular flexibility index (Phi) is 4.45. The second-order valence-electron chi connectivity index (χ2n) is 5.89. The van der Waals surface area contributed by atoms with Gasteiger partial charge in [-0.05, 0) is 25.7 Å². The molecule has 0 aromatic heterocycles. The normalized spacial score (nSPS) is 27.0. The van der Waals surface area contributed by atoms with Crippen LogP contribution in [0.4, 0.5) is 0 Å². The lowest BCUT2D eigenvalue weighted by atomic mass is 9.84. The van der Waals surface area contributed by atoms with Crippen molar-refractivity contribution in [2.75, 3.05) is 13.1 Å². The van der Waals surface area contributed by atoms with Crippen LogP contribution < -0.4 is 5.73 Å². The molecule has 0 aromatic rings. The molecule has 2 aliphatic rings. The quantitative estimate of drug-likeness (QED) is 0.809. The van der Waals surface area contributed by atoms with Crippen molar-refractivity contribution in [3.8, 4) is 0 Å². The number of carboxylic acid groups (broad SMARTS) is 1. The molecule has 1 aliphatic heterocycles. The van der Waals surface area contributed by atoms with E-state index < -0.39 is 17.4 Å². The maximum absolute atomic E-state index is 12.8. The molecule has 1 saturated carbocycles. The third-order valence-corrected chi connectivity index (χ3v) is 4.70. The highest BCUT2D eigenvalue weighted by Crippen LogP contribution is 2.39. The van der Waals surface area contributed by atoms with E-state index in [4.69, 9.17) is 5.73 Å². The van der Waals surface area contributed by atoms with Crippen LogP contribution in [0.5, 0.6) is 0 Å². The van der Waals surface area contributed by atoms with Crippen molar-refractivity contribution < 1.29 is 14.7 Å². The number of aliphatic carboxylic acids is 1. The van der Waals surface area contributed by atoms with Crippen LogP contribution in [0.2, 0.25) is 0 Å². The van der Waals surface area contributed by atoms with Crippen LogP contribution in [0.3, 0.4) is 0 Å². The van der Waals surface area contributed by atoms with Gasteiger partial charge in [0.1, 0.15) is 6.04 Å². The number of nitrogens with zero attached hydrogens (tertiary/aromatic N) is 1. The molecule has 1 unspecified atom stereocenters. The molecule has 3 N–H and O–H groups in total. The molecule has 1 amide bonds. The number of amides is 1. The first kappa shape index (κ1) is 14.3. The standard InChI is InChI=1S/C14H24N2O3/c15-10-14(7-3-4-8-14)13(19)16-9-5-1-2-6-11(16)12(17)18/h11H,1-10,15H2,(H,17,18). The van der Waals surface area contributed by atoms with Crippen molar-refractivity contribution >= 4 is 11.9 Å². The second-order valence-corrected chi connectivity index (χ2v) is 5.89. The molecule has 0 aromatic carbocycles. The second kappa shape index (κ2) is 5.90. The largest absolute Gasteiger partial charge is 0.480 e. The zero-order valence-electron chi connectivity index (χ0n) is 11.4. The molecule has 0 bridgehead atoms. The van der Waals surface area contributed by atoms with Crippen molar-refractivity contribution in [2.45, 2.75) is 57.4 Å². The Labute approximate surface area is 114 Å². The number of nitrogens with two attached hydrogens (primary N) is 1. The van der Waals surface area contributed by atoms with Crippen molar-refractivity contribution in [1.29, 1.82) is 0 Å². The van der Waals surface area contributed by atoms with Crippen LogP contribution >= 0.6 is 0 Å². The molecule has 0 radical (unpaired) electrons. The van der Waals surface area contributed by atoms with Gasteiger partial charge < -0.3 is 15.7 Å². The summed E-state index contributed by atoms with van der Waals surface area (Å²) in [5.41, 5.74) is 5.35. The summed E-state index contributed by atoms with van der Waals surface area (Å²) in [5, 5.41) is 9.36. The Hall–Kier alpha value is -1.10. The lowest BCUT2D eigenvalue weighted by Crippen LogP contribution is -2.52. The van der Waals surface area contributed by atoms with E-state index in [0.717, 1.165) is 44.9 Å².